The third-order valence-corrected chi connectivity index (χ3v) is 11.6. The molecule has 0 aliphatic heterocycles. The minimum atomic E-state index is 0.221. The summed E-state index contributed by atoms with van der Waals surface area (Å²) in [5.74, 6) is 0.522. The molecule has 0 bridgehead atoms. The summed E-state index contributed by atoms with van der Waals surface area (Å²) in [5, 5.41) is 32.2. The molecule has 0 amide bonds. The zero-order valence-corrected chi connectivity index (χ0v) is 30.1. The molecule has 0 saturated carbocycles. The molecule has 0 spiro atoms. The summed E-state index contributed by atoms with van der Waals surface area (Å²) in [5.41, 5.74) is 15.6. The molecule has 2 N–H and O–H groups in total. The van der Waals surface area contributed by atoms with E-state index in [1.807, 2.05) is 19.9 Å². The number of rotatable bonds is 3. The van der Waals surface area contributed by atoms with Gasteiger partial charge in [0.05, 0.1) is 0 Å². The molecule has 0 heterocycles. The van der Waals surface area contributed by atoms with E-state index in [4.69, 9.17) is 0 Å². The SMILES string of the molecule is Cc1cc(O)cc(-c2c3c(C)c(C)c(C)c(C)c3c(-c3cccc4c(-c5ccc6ccccc6c5)cccc34)c3c(C)c(C)c(C)c(O)c23)c1. The fourth-order valence-corrected chi connectivity index (χ4v) is 8.48. The maximum absolute atomic E-state index is 12.3. The van der Waals surface area contributed by atoms with Gasteiger partial charge in [-0.25, -0.2) is 0 Å². The molecule has 0 saturated heterocycles. The van der Waals surface area contributed by atoms with Crippen LogP contribution in [-0.4, -0.2) is 10.2 Å². The van der Waals surface area contributed by atoms with Crippen molar-refractivity contribution in [2.75, 3.05) is 0 Å². The molecule has 0 atom stereocenters. The molecule has 0 aliphatic carbocycles. The van der Waals surface area contributed by atoms with Gasteiger partial charge in [-0.1, -0.05) is 78.9 Å². The summed E-state index contributed by atoms with van der Waals surface area (Å²) >= 11 is 0. The molecule has 2 nitrogen and oxygen atoms in total. The molecule has 2 heteroatoms. The lowest BCUT2D eigenvalue weighted by Gasteiger charge is -2.27. The quantitative estimate of drug-likeness (QED) is 0.187. The Kier molecular flexibility index (Phi) is 7.28. The van der Waals surface area contributed by atoms with Crippen molar-refractivity contribution in [3.05, 3.63) is 142 Å². The smallest absolute Gasteiger partial charge is 0.127 e. The van der Waals surface area contributed by atoms with Crippen molar-refractivity contribution in [2.24, 2.45) is 0 Å². The van der Waals surface area contributed by atoms with Crippen molar-refractivity contribution in [2.45, 2.75) is 55.4 Å². The molecule has 50 heavy (non-hydrogen) atoms. The average molecular weight is 651 g/mol. The molecule has 0 unspecified atom stereocenters. The maximum Gasteiger partial charge on any atom is 0.127 e. The van der Waals surface area contributed by atoms with Gasteiger partial charge in [0, 0.05) is 10.9 Å². The van der Waals surface area contributed by atoms with Crippen LogP contribution >= 0.6 is 0 Å². The summed E-state index contributed by atoms with van der Waals surface area (Å²) in [6, 6.07) is 34.4. The number of phenolic OH excluding ortho intramolecular Hbond substituents is 2. The van der Waals surface area contributed by atoms with E-state index in [-0.39, 0.29) is 5.75 Å². The summed E-state index contributed by atoms with van der Waals surface area (Å²) in [6.45, 7) is 17.3. The molecule has 246 valence electrons. The van der Waals surface area contributed by atoms with E-state index in [9.17, 15) is 10.2 Å². The van der Waals surface area contributed by atoms with E-state index in [0.717, 1.165) is 60.7 Å². The number of hydrogen-bond donors (Lipinski definition) is 2. The van der Waals surface area contributed by atoms with Gasteiger partial charge in [0.1, 0.15) is 11.5 Å². The maximum atomic E-state index is 12.3. The highest BCUT2D eigenvalue weighted by Crippen LogP contribution is 2.53. The van der Waals surface area contributed by atoms with Gasteiger partial charge in [-0.15, -0.1) is 0 Å². The highest BCUT2D eigenvalue weighted by molar-refractivity contribution is 6.28. The summed E-state index contributed by atoms with van der Waals surface area (Å²) in [7, 11) is 0. The van der Waals surface area contributed by atoms with Gasteiger partial charge >= 0.3 is 0 Å². The molecular formula is C48H42O2. The van der Waals surface area contributed by atoms with Gasteiger partial charge in [-0.2, -0.15) is 0 Å². The Balaban J connectivity index is 1.61. The van der Waals surface area contributed by atoms with Crippen LogP contribution in [-0.2, 0) is 0 Å². The number of phenols is 2. The second-order valence-corrected chi connectivity index (χ2v) is 14.3. The molecule has 8 aromatic carbocycles. The van der Waals surface area contributed by atoms with Crippen molar-refractivity contribution in [3.8, 4) is 44.9 Å². The van der Waals surface area contributed by atoms with Crippen LogP contribution in [0.4, 0.5) is 0 Å². The van der Waals surface area contributed by atoms with Gasteiger partial charge in [0.25, 0.3) is 0 Å². The second-order valence-electron chi connectivity index (χ2n) is 14.3. The van der Waals surface area contributed by atoms with Crippen molar-refractivity contribution in [1.29, 1.82) is 0 Å². The first kappa shape index (κ1) is 31.7. The van der Waals surface area contributed by atoms with Crippen LogP contribution in [0.2, 0.25) is 0 Å². The van der Waals surface area contributed by atoms with Gasteiger partial charge < -0.3 is 10.2 Å². The Morgan fingerprint density at radius 3 is 1.60 bits per heavy atom. The lowest BCUT2D eigenvalue weighted by Crippen LogP contribution is -2.02. The lowest BCUT2D eigenvalue weighted by molar-refractivity contribution is 0.474. The van der Waals surface area contributed by atoms with E-state index < -0.39 is 0 Å². The summed E-state index contributed by atoms with van der Waals surface area (Å²) in [6.07, 6.45) is 0. The predicted molar refractivity (Wildman–Crippen MR) is 214 cm³/mol. The lowest BCUT2D eigenvalue weighted by atomic mass is 9.77. The van der Waals surface area contributed by atoms with Crippen LogP contribution in [0.5, 0.6) is 11.5 Å². The van der Waals surface area contributed by atoms with Crippen molar-refractivity contribution in [1.82, 2.24) is 0 Å². The van der Waals surface area contributed by atoms with Gasteiger partial charge in [-0.05, 0) is 184 Å². The topological polar surface area (TPSA) is 40.5 Å². The molecular weight excluding hydrogens is 609 g/mol. The molecule has 0 radical (unpaired) electrons. The normalized spacial score (nSPS) is 11.8. The zero-order valence-electron chi connectivity index (χ0n) is 30.1. The van der Waals surface area contributed by atoms with Crippen LogP contribution in [0.3, 0.4) is 0 Å². The summed E-state index contributed by atoms with van der Waals surface area (Å²) < 4.78 is 0. The van der Waals surface area contributed by atoms with E-state index in [1.165, 1.54) is 60.3 Å². The molecule has 0 aliphatic rings. The second kappa shape index (κ2) is 11.5. The van der Waals surface area contributed by atoms with Gasteiger partial charge in [0.2, 0.25) is 0 Å². The first-order valence-electron chi connectivity index (χ1n) is 17.5. The fraction of sp³-hybridized carbons (Fsp3) is 0.167. The van der Waals surface area contributed by atoms with Crippen LogP contribution in [0.15, 0.2) is 97.1 Å². The number of benzene rings is 8. The molecule has 8 aromatic rings. The zero-order chi connectivity index (χ0) is 35.2. The third kappa shape index (κ3) is 4.55. The van der Waals surface area contributed by atoms with Crippen molar-refractivity contribution < 1.29 is 10.2 Å². The standard InChI is InChI=1S/C48H42O2/c1-25-21-36(24-37(49)22-25)45-42-29(5)26(2)27(3)30(6)43(42)46(44-31(7)28(4)32(8)48(50)47(44)45)41-18-12-16-39-38(15-11-17-40(39)41)35-20-19-33-13-9-10-14-34(33)23-35/h9-24,49-50H,1-8H3. The Morgan fingerprint density at radius 1 is 0.380 bits per heavy atom. The highest BCUT2D eigenvalue weighted by Gasteiger charge is 2.27. The van der Waals surface area contributed by atoms with E-state index >= 15 is 0 Å². The number of hydrogen-bond acceptors (Lipinski definition) is 2. The number of fused-ring (bicyclic) bond motifs is 4. The Hall–Kier alpha value is -5.60. The van der Waals surface area contributed by atoms with E-state index in [0.29, 0.717) is 5.75 Å². The number of aromatic hydroxyl groups is 2. The Labute approximate surface area is 294 Å². The minimum absolute atomic E-state index is 0.221. The molecule has 0 fully saturated rings. The van der Waals surface area contributed by atoms with Crippen molar-refractivity contribution in [3.63, 3.8) is 0 Å². The Morgan fingerprint density at radius 2 is 0.940 bits per heavy atom. The van der Waals surface area contributed by atoms with Crippen LogP contribution in [0.25, 0.3) is 76.5 Å². The van der Waals surface area contributed by atoms with E-state index in [2.05, 4.69) is 126 Å². The first-order chi connectivity index (χ1) is 24.0. The van der Waals surface area contributed by atoms with Crippen LogP contribution < -0.4 is 0 Å². The van der Waals surface area contributed by atoms with Gasteiger partial charge in [0.15, 0.2) is 0 Å². The minimum Gasteiger partial charge on any atom is -0.508 e. The highest BCUT2D eigenvalue weighted by atomic mass is 16.3. The Bertz CT molecular complexity index is 2640. The van der Waals surface area contributed by atoms with Crippen molar-refractivity contribution >= 4 is 43.1 Å². The third-order valence-electron chi connectivity index (χ3n) is 11.6. The largest absolute Gasteiger partial charge is 0.508 e. The molecule has 0 aromatic heterocycles. The van der Waals surface area contributed by atoms with Crippen LogP contribution in [0.1, 0.15) is 44.5 Å². The van der Waals surface area contributed by atoms with Gasteiger partial charge in [-0.3, -0.25) is 0 Å². The first-order valence-corrected chi connectivity index (χ1v) is 17.5. The predicted octanol–water partition coefficient (Wildman–Crippen LogP) is 13.2. The molecule has 8 rings (SSSR count). The monoisotopic (exact) mass is 650 g/mol. The van der Waals surface area contributed by atoms with E-state index in [1.54, 1.807) is 6.07 Å². The number of aryl methyl sites for hydroxylation is 4. The van der Waals surface area contributed by atoms with Crippen LogP contribution in [0, 0.1) is 55.4 Å². The summed E-state index contributed by atoms with van der Waals surface area (Å²) in [4.78, 5) is 0. The fourth-order valence-electron chi connectivity index (χ4n) is 8.48. The average Bonchev–Trinajstić information content (AvgIpc) is 3.12.